The van der Waals surface area contributed by atoms with Crippen LogP contribution in [0, 0.1) is 0 Å². The van der Waals surface area contributed by atoms with Crippen LogP contribution in [0.4, 0.5) is 0 Å². The van der Waals surface area contributed by atoms with Crippen LogP contribution < -0.4 is 0 Å². The van der Waals surface area contributed by atoms with E-state index in [4.69, 9.17) is 18.5 Å². The molecule has 0 amide bonds. The van der Waals surface area contributed by atoms with E-state index in [1.54, 1.807) is 0 Å². The van der Waals surface area contributed by atoms with E-state index in [1.165, 1.54) is 0 Å². The highest BCUT2D eigenvalue weighted by Gasteiger charge is 2.28. The highest BCUT2D eigenvalue weighted by molar-refractivity contribution is 7.47. The minimum atomic E-state index is -4.80. The van der Waals surface area contributed by atoms with Gasteiger partial charge in [0.15, 0.2) is 0 Å². The number of phosphoric acid groups is 2. The summed E-state index contributed by atoms with van der Waals surface area (Å²) in [5, 5.41) is 30.1. The number of esters is 2. The number of hydrogen-bond acceptors (Lipinski definition) is 13. The second-order valence-corrected chi connectivity index (χ2v) is 20.4. The highest BCUT2D eigenvalue weighted by Crippen LogP contribution is 2.45. The fraction of sp³-hybridized carbons (Fsp3) is 0.614. The molecule has 0 heterocycles. The van der Waals surface area contributed by atoms with Gasteiger partial charge in [-0.05, 0) is 103 Å². The van der Waals surface area contributed by atoms with Crippen LogP contribution in [-0.4, -0.2) is 95.0 Å². The summed E-state index contributed by atoms with van der Waals surface area (Å²) in [6.07, 6.45) is 60.3. The number of ether oxygens (including phenoxy) is 2. The maximum Gasteiger partial charge on any atom is 0.472 e. The first kappa shape index (κ1) is 70.4. The minimum Gasteiger partial charge on any atom is -0.463 e. The van der Waals surface area contributed by atoms with Crippen LogP contribution in [0.5, 0.6) is 0 Å². The van der Waals surface area contributed by atoms with Gasteiger partial charge in [0.1, 0.15) is 31.5 Å². The average molecular weight is 1080 g/mol. The Labute approximate surface area is 444 Å². The normalized spacial score (nSPS) is 15.7. The summed E-state index contributed by atoms with van der Waals surface area (Å²) >= 11 is 0. The molecule has 4 atom stereocenters. The second-order valence-electron chi connectivity index (χ2n) is 17.5. The van der Waals surface area contributed by atoms with Crippen molar-refractivity contribution in [1.82, 2.24) is 0 Å². The molecule has 0 aliphatic heterocycles. The molecule has 0 aromatic carbocycles. The van der Waals surface area contributed by atoms with Crippen molar-refractivity contribution in [3.05, 3.63) is 122 Å². The molecule has 0 saturated heterocycles. The highest BCUT2D eigenvalue weighted by atomic mass is 31.2. The molecule has 0 saturated carbocycles. The standard InChI is InChI=1S/C57H94O15P2/c1-3-5-7-9-11-13-15-17-19-21-23-25-27-29-31-33-35-37-39-41-43-45-56(61)67-47-53(58)49-69-73(63,64)71-51-55(60)52-72-74(65,66)70-50-54(59)48-68-57(62)46-44-42-40-38-36-34-32-30-28-26-24-22-20-18-16-14-12-10-8-6-4-2/h5-8,11-14,17-20,23-26,29-32,53-55,58-60H,3-4,9-10,15-16,21-22,27-28,33-52H2,1-2H3,(H,63,64)(H,65,66)/b7-5-,8-6-,13-11-,14-12-,19-17-,20-18-,25-23-,26-24-,31-29-,32-30-. The molecule has 0 aliphatic carbocycles. The van der Waals surface area contributed by atoms with E-state index < -0.39 is 85.5 Å². The molecule has 15 nitrogen and oxygen atoms in total. The topological polar surface area (TPSA) is 225 Å². The van der Waals surface area contributed by atoms with E-state index in [2.05, 4.69) is 144 Å². The molecule has 4 unspecified atom stereocenters. The van der Waals surface area contributed by atoms with Crippen LogP contribution in [0.3, 0.4) is 0 Å². The number of aliphatic hydroxyl groups excluding tert-OH is 3. The molecule has 422 valence electrons. The molecule has 0 bridgehead atoms. The Morgan fingerprint density at radius 2 is 0.581 bits per heavy atom. The van der Waals surface area contributed by atoms with Crippen LogP contribution in [0.25, 0.3) is 0 Å². The van der Waals surface area contributed by atoms with Gasteiger partial charge in [0.05, 0.1) is 26.4 Å². The summed E-state index contributed by atoms with van der Waals surface area (Å²) in [4.78, 5) is 43.9. The van der Waals surface area contributed by atoms with Gasteiger partial charge < -0.3 is 34.6 Å². The Kier molecular flexibility index (Phi) is 49.1. The summed E-state index contributed by atoms with van der Waals surface area (Å²) in [6.45, 7) is 0.130. The van der Waals surface area contributed by atoms with E-state index in [1.807, 2.05) is 0 Å². The summed E-state index contributed by atoms with van der Waals surface area (Å²) in [5.74, 6) is -1.04. The number of carbonyl (C=O) groups is 2. The Morgan fingerprint density at radius 1 is 0.351 bits per heavy atom. The Morgan fingerprint density at radius 3 is 0.865 bits per heavy atom. The second kappa shape index (κ2) is 51.5. The van der Waals surface area contributed by atoms with Gasteiger partial charge >= 0.3 is 27.6 Å². The molecule has 0 spiro atoms. The number of rotatable bonds is 50. The van der Waals surface area contributed by atoms with E-state index in [0.717, 1.165) is 128 Å². The zero-order chi connectivity index (χ0) is 54.5. The fourth-order valence-electron chi connectivity index (χ4n) is 6.32. The molecule has 74 heavy (non-hydrogen) atoms. The van der Waals surface area contributed by atoms with Crippen LogP contribution in [0.1, 0.15) is 168 Å². The number of carbonyl (C=O) groups excluding carboxylic acids is 2. The largest absolute Gasteiger partial charge is 0.472 e. The lowest BCUT2D eigenvalue weighted by Crippen LogP contribution is -2.25. The number of allylic oxidation sites excluding steroid dienone is 20. The van der Waals surface area contributed by atoms with Crippen molar-refractivity contribution in [1.29, 1.82) is 0 Å². The van der Waals surface area contributed by atoms with Crippen LogP contribution >= 0.6 is 15.6 Å². The zero-order valence-corrected chi connectivity index (χ0v) is 46.5. The summed E-state index contributed by atoms with van der Waals surface area (Å²) in [6, 6.07) is 0. The lowest BCUT2D eigenvalue weighted by atomic mass is 10.1. The Hall–Kier alpha value is -3.56. The molecule has 0 radical (unpaired) electrons. The van der Waals surface area contributed by atoms with E-state index >= 15 is 0 Å². The van der Waals surface area contributed by atoms with Gasteiger partial charge in [-0.2, -0.15) is 0 Å². The molecule has 0 aromatic rings. The van der Waals surface area contributed by atoms with Gasteiger partial charge in [-0.15, -0.1) is 0 Å². The van der Waals surface area contributed by atoms with Gasteiger partial charge in [-0.3, -0.25) is 27.7 Å². The average Bonchev–Trinajstić information content (AvgIpc) is 3.38. The van der Waals surface area contributed by atoms with Crippen molar-refractivity contribution in [2.75, 3.05) is 39.6 Å². The molecule has 0 fully saturated rings. The van der Waals surface area contributed by atoms with Crippen molar-refractivity contribution in [2.45, 2.75) is 186 Å². The predicted molar refractivity (Wildman–Crippen MR) is 297 cm³/mol. The lowest BCUT2D eigenvalue weighted by Gasteiger charge is -2.19. The van der Waals surface area contributed by atoms with Gasteiger partial charge in [-0.25, -0.2) is 9.13 Å². The predicted octanol–water partition coefficient (Wildman–Crippen LogP) is 13.4. The third kappa shape index (κ3) is 53.3. The SMILES string of the molecule is CC/C=C\C/C=C\C/C=C\C/C=C\C/C=C\CCCCCCCC(=O)OCC(O)COP(=O)(O)OCC(O)COP(=O)(O)OCC(O)COC(=O)CCCCCCC/C=C\C/C=C\C/C=C\C/C=C\C/C=C\CC. The van der Waals surface area contributed by atoms with E-state index in [9.17, 15) is 43.8 Å². The van der Waals surface area contributed by atoms with E-state index in [0.29, 0.717) is 12.8 Å². The smallest absolute Gasteiger partial charge is 0.463 e. The first-order valence-corrected chi connectivity index (χ1v) is 29.9. The Balaban J connectivity index is 3.92. The molecule has 17 heteroatoms. The van der Waals surface area contributed by atoms with Gasteiger partial charge in [-0.1, -0.05) is 174 Å². The third-order valence-corrected chi connectivity index (χ3v) is 12.3. The van der Waals surface area contributed by atoms with Crippen LogP contribution in [0.2, 0.25) is 0 Å². The summed E-state index contributed by atoms with van der Waals surface area (Å²) in [5.41, 5.74) is 0. The third-order valence-electron chi connectivity index (χ3n) is 10.4. The zero-order valence-electron chi connectivity index (χ0n) is 44.7. The molecule has 5 N–H and O–H groups in total. The van der Waals surface area contributed by atoms with Crippen molar-refractivity contribution >= 4 is 27.6 Å². The van der Waals surface area contributed by atoms with E-state index in [-0.39, 0.29) is 12.8 Å². The summed E-state index contributed by atoms with van der Waals surface area (Å²) in [7, 11) is -9.61. The number of hydrogen-bond donors (Lipinski definition) is 5. The molecular weight excluding hydrogens is 987 g/mol. The van der Waals surface area contributed by atoms with Gasteiger partial charge in [0.25, 0.3) is 0 Å². The van der Waals surface area contributed by atoms with Gasteiger partial charge in [0.2, 0.25) is 0 Å². The maximum atomic E-state index is 12.2. The lowest BCUT2D eigenvalue weighted by molar-refractivity contribution is -0.148. The molecule has 0 aliphatic rings. The molecule has 0 rings (SSSR count). The first-order chi connectivity index (χ1) is 35.8. The van der Waals surface area contributed by atoms with Crippen molar-refractivity contribution < 1.29 is 71.4 Å². The van der Waals surface area contributed by atoms with Crippen LogP contribution in [-0.2, 0) is 46.3 Å². The van der Waals surface area contributed by atoms with Crippen LogP contribution in [0.15, 0.2) is 122 Å². The Bertz CT molecular complexity index is 1660. The fourth-order valence-corrected chi connectivity index (χ4v) is 7.91. The number of phosphoric ester groups is 2. The first-order valence-electron chi connectivity index (χ1n) is 26.9. The summed E-state index contributed by atoms with van der Waals surface area (Å²) < 4.78 is 53.1. The maximum absolute atomic E-state index is 12.2. The van der Waals surface area contributed by atoms with Crippen molar-refractivity contribution in [2.24, 2.45) is 0 Å². The monoisotopic (exact) mass is 1080 g/mol. The quantitative estimate of drug-likeness (QED) is 0.0165. The number of aliphatic hydroxyl groups is 3. The van der Waals surface area contributed by atoms with Crippen molar-refractivity contribution in [3.63, 3.8) is 0 Å². The molecule has 0 aromatic heterocycles. The number of unbranched alkanes of at least 4 members (excludes halogenated alkanes) is 10. The van der Waals surface area contributed by atoms with Gasteiger partial charge in [0, 0.05) is 12.8 Å². The molecular formula is C57H94O15P2. The minimum absolute atomic E-state index is 0.168. The van der Waals surface area contributed by atoms with Crippen molar-refractivity contribution in [3.8, 4) is 0 Å².